The van der Waals surface area contributed by atoms with E-state index < -0.39 is 119 Å². The Balaban J connectivity index is 2.74. The van der Waals surface area contributed by atoms with Gasteiger partial charge in [-0.05, 0) is 0 Å². The molecule has 0 bridgehead atoms. The number of hydrogen-bond donors (Lipinski definition) is 2. The number of esters is 5. The van der Waals surface area contributed by atoms with Crippen LogP contribution in [0, 0.1) is 0 Å². The summed E-state index contributed by atoms with van der Waals surface area (Å²) in [5, 5.41) is 1.11. The predicted octanol–water partition coefficient (Wildman–Crippen LogP) is -1.20. The van der Waals surface area contributed by atoms with Crippen molar-refractivity contribution in [3.63, 3.8) is 0 Å². The van der Waals surface area contributed by atoms with Crippen molar-refractivity contribution in [1.29, 1.82) is 0 Å². The van der Waals surface area contributed by atoms with Gasteiger partial charge in [-0.25, -0.2) is 4.18 Å². The van der Waals surface area contributed by atoms with Gasteiger partial charge in [0.15, 0.2) is 24.6 Å². The number of rotatable bonds is 13. The minimum atomic E-state index is -5.27. The first-order valence-corrected chi connectivity index (χ1v) is 15.8. The van der Waals surface area contributed by atoms with Gasteiger partial charge in [0.2, 0.25) is 5.91 Å². The second-order valence-corrected chi connectivity index (χ2v) is 12.3. The Morgan fingerprint density at radius 1 is 0.717 bits per heavy atom. The van der Waals surface area contributed by atoms with E-state index in [2.05, 4.69) is 5.32 Å². The molecule has 0 unspecified atom stereocenters. The molecule has 0 aromatic heterocycles. The van der Waals surface area contributed by atoms with Crippen LogP contribution in [-0.2, 0) is 81.2 Å². The highest BCUT2D eigenvalue weighted by Gasteiger charge is 2.56. The van der Waals surface area contributed by atoms with Gasteiger partial charge in [0, 0.05) is 48.7 Å². The summed E-state index contributed by atoms with van der Waals surface area (Å²) in [6, 6.07) is -1.37. The number of nitrogens with one attached hydrogen (secondary N) is 1. The van der Waals surface area contributed by atoms with Crippen LogP contribution in [0.3, 0.4) is 0 Å². The highest BCUT2D eigenvalue weighted by atomic mass is 32.3. The van der Waals surface area contributed by atoms with Crippen LogP contribution in [0.2, 0.25) is 0 Å². The summed E-state index contributed by atoms with van der Waals surface area (Å²) in [7, 11) is -4.10. The zero-order valence-corrected chi connectivity index (χ0v) is 27.5. The lowest BCUT2D eigenvalue weighted by molar-refractivity contribution is -0.261. The lowest BCUT2D eigenvalue weighted by atomic mass is 9.97. The maximum Gasteiger partial charge on any atom is 0.397 e. The molecule has 0 aliphatic carbocycles. The van der Waals surface area contributed by atoms with E-state index in [-0.39, 0.29) is 0 Å². The summed E-state index contributed by atoms with van der Waals surface area (Å²) in [4.78, 5) is 72.1. The van der Waals surface area contributed by atoms with Gasteiger partial charge in [0.05, 0.1) is 5.25 Å². The van der Waals surface area contributed by atoms with Gasteiger partial charge in [-0.2, -0.15) is 8.42 Å². The first-order chi connectivity index (χ1) is 21.3. The van der Waals surface area contributed by atoms with Gasteiger partial charge >= 0.3 is 40.2 Å². The van der Waals surface area contributed by atoms with Gasteiger partial charge in [0.1, 0.15) is 43.0 Å². The van der Waals surface area contributed by atoms with E-state index in [9.17, 15) is 41.7 Å². The van der Waals surface area contributed by atoms with Crippen LogP contribution in [-0.4, -0.2) is 129 Å². The molecular formula is C25H37NO18S2. The van der Waals surface area contributed by atoms with Gasteiger partial charge < -0.3 is 43.2 Å². The third-order valence-corrected chi connectivity index (χ3v) is 8.16. The van der Waals surface area contributed by atoms with E-state index >= 15 is 0 Å². The number of thioether (sulfide) groups is 1. The number of ether oxygens (including phenoxy) is 8. The highest BCUT2D eigenvalue weighted by molar-refractivity contribution is 8.00. The molecule has 0 aromatic rings. The largest absolute Gasteiger partial charge is 0.463 e. The summed E-state index contributed by atoms with van der Waals surface area (Å²) < 4.78 is 82.2. The Morgan fingerprint density at radius 2 is 1.20 bits per heavy atom. The molecule has 2 saturated heterocycles. The monoisotopic (exact) mass is 703 g/mol. The Kier molecular flexibility index (Phi) is 14.6. The average molecular weight is 704 g/mol. The molecule has 2 rings (SSSR count). The summed E-state index contributed by atoms with van der Waals surface area (Å²) in [6.07, 6.45) is -10.5. The predicted molar refractivity (Wildman–Crippen MR) is 150 cm³/mol. The van der Waals surface area contributed by atoms with Crippen LogP contribution in [0.25, 0.3) is 0 Å². The van der Waals surface area contributed by atoms with Gasteiger partial charge in [-0.1, -0.05) is 0 Å². The normalized spacial score (nSPS) is 31.1. The van der Waals surface area contributed by atoms with Crippen molar-refractivity contribution in [1.82, 2.24) is 5.32 Å². The summed E-state index contributed by atoms with van der Waals surface area (Å²) in [6.45, 7) is 5.24. The molecule has 0 radical (unpaired) electrons. The van der Waals surface area contributed by atoms with Crippen molar-refractivity contribution in [2.45, 2.75) is 101 Å². The molecule has 1 amide bonds. The molecule has 262 valence electrons. The van der Waals surface area contributed by atoms with Crippen molar-refractivity contribution in [2.75, 3.05) is 20.3 Å². The molecule has 2 fully saturated rings. The van der Waals surface area contributed by atoms with Crippen LogP contribution in [0.1, 0.15) is 41.5 Å². The van der Waals surface area contributed by atoms with Crippen LogP contribution in [0.4, 0.5) is 0 Å². The third-order valence-electron chi connectivity index (χ3n) is 6.17. The maximum absolute atomic E-state index is 12.4. The molecule has 2 aliphatic rings. The first kappa shape index (κ1) is 39.1. The molecule has 21 heteroatoms. The molecule has 46 heavy (non-hydrogen) atoms. The standard InChI is InChI=1S/C25H37NO18S2/c1-10(27)26-18-21(40-14(5)31)19(39-13(4)30)16(8-37-11(2)28)43-25(18)45-23-20(44-46(33,34)35)17(9-38-12(3)29)42-24(36-7)22(23)41-15(6)32/h16-25H,8-9H2,1-7H3,(H,26,27)(H,33,34,35)/t16-,17-,18-,19-,20+,21-,22-,23-,24-,25+/m1/s1. The Labute approximate surface area is 268 Å². The van der Waals surface area contributed by atoms with Crippen molar-refractivity contribution in [3.05, 3.63) is 0 Å². The smallest absolute Gasteiger partial charge is 0.397 e. The molecule has 2 aliphatic heterocycles. The Hall–Kier alpha value is -3.08. The lowest BCUT2D eigenvalue weighted by Crippen LogP contribution is -2.67. The van der Waals surface area contributed by atoms with Crippen molar-refractivity contribution in [3.8, 4) is 0 Å². The topological polar surface area (TPSA) is 252 Å². The lowest BCUT2D eigenvalue weighted by Gasteiger charge is -2.48. The van der Waals surface area contributed by atoms with E-state index in [0.29, 0.717) is 11.8 Å². The van der Waals surface area contributed by atoms with E-state index in [1.54, 1.807) is 0 Å². The molecule has 19 nitrogen and oxygen atoms in total. The van der Waals surface area contributed by atoms with Crippen LogP contribution < -0.4 is 5.32 Å². The van der Waals surface area contributed by atoms with Crippen molar-refractivity contribution >= 4 is 57.9 Å². The van der Waals surface area contributed by atoms with Gasteiger partial charge in [-0.3, -0.25) is 33.3 Å². The zero-order chi connectivity index (χ0) is 34.9. The number of carbonyl (C=O) groups is 6. The molecule has 0 aromatic carbocycles. The second kappa shape index (κ2) is 17.2. The molecule has 0 saturated carbocycles. The van der Waals surface area contributed by atoms with Crippen molar-refractivity contribution in [2.24, 2.45) is 0 Å². The quantitative estimate of drug-likeness (QED) is 0.130. The number of hydrogen-bond acceptors (Lipinski definition) is 18. The molecular weight excluding hydrogens is 666 g/mol. The average Bonchev–Trinajstić information content (AvgIpc) is 2.90. The molecule has 0 spiro atoms. The zero-order valence-electron chi connectivity index (χ0n) is 25.9. The molecule has 10 atom stereocenters. The minimum absolute atomic E-state index is 0.545. The number of carbonyl (C=O) groups excluding carboxylic acids is 6. The van der Waals surface area contributed by atoms with Crippen molar-refractivity contribution < 1.29 is 83.8 Å². The van der Waals surface area contributed by atoms with Crippen LogP contribution in [0.15, 0.2) is 0 Å². The molecule has 2 N–H and O–H groups in total. The van der Waals surface area contributed by atoms with Crippen LogP contribution >= 0.6 is 11.8 Å². The Bertz CT molecular complexity index is 1240. The second-order valence-electron chi connectivity index (χ2n) is 9.96. The number of amides is 1. The fourth-order valence-corrected chi connectivity index (χ4v) is 6.92. The Morgan fingerprint density at radius 3 is 1.63 bits per heavy atom. The fraction of sp³-hybridized carbons (Fsp3) is 0.760. The highest BCUT2D eigenvalue weighted by Crippen LogP contribution is 2.41. The van der Waals surface area contributed by atoms with E-state index in [1.807, 2.05) is 0 Å². The van der Waals surface area contributed by atoms with E-state index in [0.717, 1.165) is 41.5 Å². The number of methoxy groups -OCH3 is 1. The molecule has 2 heterocycles. The van der Waals surface area contributed by atoms with E-state index in [4.69, 9.17) is 42.1 Å². The fourth-order valence-electron chi connectivity index (χ4n) is 4.69. The van der Waals surface area contributed by atoms with Gasteiger partial charge in [-0.15, -0.1) is 11.8 Å². The summed E-state index contributed by atoms with van der Waals surface area (Å²) in [5.41, 5.74) is -1.42. The first-order valence-electron chi connectivity index (χ1n) is 13.5. The van der Waals surface area contributed by atoms with E-state index in [1.165, 1.54) is 7.11 Å². The third kappa shape index (κ3) is 11.9. The minimum Gasteiger partial charge on any atom is -0.463 e. The van der Waals surface area contributed by atoms with Crippen LogP contribution in [0.5, 0.6) is 0 Å². The van der Waals surface area contributed by atoms with Gasteiger partial charge in [0.25, 0.3) is 0 Å². The maximum atomic E-state index is 12.4. The summed E-state index contributed by atoms with van der Waals surface area (Å²) in [5.74, 6) is -4.80. The SMILES string of the molecule is CO[C@@H]1O[C@H](COC(C)=O)[C@H](OS(=O)(=O)O)[C@@H](S[C@@H]2O[C@H](COC(C)=O)[C@@H](OC(C)=O)[C@H](OC(C)=O)[C@H]2NC(C)=O)[C@H]1OC(C)=O. The summed E-state index contributed by atoms with van der Waals surface area (Å²) >= 11 is 0.650.